The van der Waals surface area contributed by atoms with E-state index in [-0.39, 0.29) is 121 Å². The minimum Gasteiger partial charge on any atom is -1.00 e. The Morgan fingerprint density at radius 2 is 1.22 bits per heavy atom. The molecule has 9 heteroatoms. The van der Waals surface area contributed by atoms with Crippen molar-refractivity contribution in [2.45, 2.75) is 0 Å². The van der Waals surface area contributed by atoms with Gasteiger partial charge in [0.25, 0.3) is 0 Å². The van der Waals surface area contributed by atoms with Gasteiger partial charge in [-0.25, -0.2) is 4.57 Å². The summed E-state index contributed by atoms with van der Waals surface area (Å²) < 4.78 is 8.88. The summed E-state index contributed by atoms with van der Waals surface area (Å²) in [5, 5.41) is 0. The summed E-state index contributed by atoms with van der Waals surface area (Å²) in [5.74, 6) is 0. The van der Waals surface area contributed by atoms with Crippen LogP contribution >= 0.6 is 7.82 Å². The van der Waals surface area contributed by atoms with Gasteiger partial charge in [-0.3, -0.25) is 0 Å². The molecule has 0 amide bonds. The Balaban J connectivity index is -0.00000000381. The largest absolute Gasteiger partial charge is 1.00 e. The molecule has 0 fully saturated rings. The number of rotatable bonds is 0. The van der Waals surface area contributed by atoms with Crippen molar-refractivity contribution in [3.8, 4) is 0 Å². The maximum Gasteiger partial charge on any atom is 1.00 e. The summed E-state index contributed by atoms with van der Waals surface area (Å²) in [5.41, 5.74) is 0. The predicted octanol–water partition coefficient (Wildman–Crippen LogP) is -9.58. The minimum absolute atomic E-state index is 0. The van der Waals surface area contributed by atoms with Crippen molar-refractivity contribution in [1.29, 1.82) is 0 Å². The maximum absolute atomic E-state index is 8.88. The Morgan fingerprint density at radius 1 is 1.22 bits per heavy atom. The fourth-order valence-corrected chi connectivity index (χ4v) is 0. The third-order valence-electron chi connectivity index (χ3n) is 0. The molecule has 45 valence electrons. The third-order valence-corrected chi connectivity index (χ3v) is 0. The Kier molecular flexibility index (Phi) is 46.8. The molecule has 0 unspecified atom stereocenters. The molecule has 0 aromatic rings. The van der Waals surface area contributed by atoms with Crippen molar-refractivity contribution in [2.24, 2.45) is 0 Å². The Hall–Kier alpha value is 3.86. The summed E-state index contributed by atoms with van der Waals surface area (Å²) in [6.45, 7) is 0. The molecule has 0 aliphatic rings. The second-order valence-electron chi connectivity index (χ2n) is 0.513. The molecular weight excluding hydrogens is 219 g/mol. The van der Waals surface area contributed by atoms with E-state index in [1.807, 2.05) is 0 Å². The molecular formula is H6KLiMnNaO4P. The first-order valence-electron chi connectivity index (χ1n) is 0.783. The topological polar surface area (TPSA) is 77.8 Å². The van der Waals surface area contributed by atoms with E-state index >= 15 is 0 Å². The molecule has 0 aliphatic carbocycles. The Morgan fingerprint density at radius 3 is 1.22 bits per heavy atom. The molecule has 0 atom stereocenters. The van der Waals surface area contributed by atoms with Crippen LogP contribution in [0.1, 0.15) is 4.28 Å². The van der Waals surface area contributed by atoms with Crippen molar-refractivity contribution in [2.75, 3.05) is 0 Å². The van der Waals surface area contributed by atoms with E-state index in [4.69, 9.17) is 19.2 Å². The molecule has 1 radical (unpaired) electrons. The van der Waals surface area contributed by atoms with Gasteiger partial charge in [-0.15, -0.1) is 0 Å². The SMILES string of the molecule is O=P(O)(O)O.[H-].[H-].[H-].[K+].[Li+].[Mn].[Na+]. The summed E-state index contributed by atoms with van der Waals surface area (Å²) in [7, 11) is -4.64. The molecule has 0 aromatic heterocycles. The first kappa shape index (κ1) is 29.3. The first-order valence-corrected chi connectivity index (χ1v) is 2.35. The van der Waals surface area contributed by atoms with Crippen molar-refractivity contribution in [3.05, 3.63) is 0 Å². The van der Waals surface area contributed by atoms with Gasteiger partial charge >= 0.3 is 108 Å². The average Bonchev–Trinajstić information content (AvgIpc) is 0.722. The summed E-state index contributed by atoms with van der Waals surface area (Å²) >= 11 is 0. The van der Waals surface area contributed by atoms with Crippen molar-refractivity contribution in [3.63, 3.8) is 0 Å². The van der Waals surface area contributed by atoms with Gasteiger partial charge in [0.2, 0.25) is 0 Å². The van der Waals surface area contributed by atoms with Crippen LogP contribution in [0, 0.1) is 0 Å². The van der Waals surface area contributed by atoms with E-state index in [1.54, 1.807) is 0 Å². The first-order chi connectivity index (χ1) is 2.00. The summed E-state index contributed by atoms with van der Waals surface area (Å²) in [6.07, 6.45) is 0. The second kappa shape index (κ2) is 14.4. The van der Waals surface area contributed by atoms with E-state index in [1.165, 1.54) is 0 Å². The van der Waals surface area contributed by atoms with Crippen LogP contribution < -0.4 is 99.8 Å². The van der Waals surface area contributed by atoms with E-state index in [0.29, 0.717) is 0 Å². The molecule has 0 rings (SSSR count). The quantitative estimate of drug-likeness (QED) is 0.282. The van der Waals surface area contributed by atoms with E-state index in [2.05, 4.69) is 0 Å². The van der Waals surface area contributed by atoms with Crippen LogP contribution in [0.25, 0.3) is 0 Å². The molecule has 0 spiro atoms. The molecule has 0 aliphatic heterocycles. The van der Waals surface area contributed by atoms with E-state index in [0.717, 1.165) is 0 Å². The van der Waals surface area contributed by atoms with Gasteiger partial charge in [0.1, 0.15) is 0 Å². The van der Waals surface area contributed by atoms with Crippen LogP contribution in [0.2, 0.25) is 0 Å². The van der Waals surface area contributed by atoms with Crippen molar-refractivity contribution >= 4 is 7.82 Å². The minimum atomic E-state index is -4.64. The fraction of sp³-hybridized carbons (Fsp3) is 0. The normalized spacial score (nSPS) is 6.56. The molecule has 0 bridgehead atoms. The van der Waals surface area contributed by atoms with Gasteiger partial charge in [-0.1, -0.05) is 0 Å². The molecule has 0 saturated heterocycles. The van der Waals surface area contributed by atoms with Gasteiger partial charge in [0.15, 0.2) is 0 Å². The smallest absolute Gasteiger partial charge is 1.00 e. The Bertz CT molecular complexity index is 76.4. The monoisotopic (exact) mass is 225 g/mol. The van der Waals surface area contributed by atoms with Crippen LogP contribution in [0.3, 0.4) is 0 Å². The molecule has 0 saturated carbocycles. The van der Waals surface area contributed by atoms with Gasteiger partial charge in [0, 0.05) is 17.1 Å². The fourth-order valence-electron chi connectivity index (χ4n) is 0. The number of hydrogen-bond acceptors (Lipinski definition) is 1. The number of hydrogen-bond donors (Lipinski definition) is 3. The summed E-state index contributed by atoms with van der Waals surface area (Å²) in [6, 6.07) is 0. The van der Waals surface area contributed by atoms with E-state index in [9.17, 15) is 0 Å². The van der Waals surface area contributed by atoms with Gasteiger partial charge in [-0.2, -0.15) is 0 Å². The van der Waals surface area contributed by atoms with Crippen LogP contribution in [0.5, 0.6) is 0 Å². The molecule has 3 N–H and O–H groups in total. The average molecular weight is 225 g/mol. The van der Waals surface area contributed by atoms with Crippen LogP contribution in [-0.4, -0.2) is 14.7 Å². The van der Waals surface area contributed by atoms with Crippen LogP contribution in [-0.2, 0) is 21.6 Å². The predicted molar refractivity (Wildman–Crippen MR) is 17.6 cm³/mol. The van der Waals surface area contributed by atoms with Crippen molar-refractivity contribution in [1.82, 2.24) is 0 Å². The van der Waals surface area contributed by atoms with Crippen molar-refractivity contribution < 1.29 is 140 Å². The van der Waals surface area contributed by atoms with Crippen LogP contribution in [0.15, 0.2) is 0 Å². The zero-order valence-electron chi connectivity index (χ0n) is 8.58. The maximum atomic E-state index is 8.88. The molecule has 9 heavy (non-hydrogen) atoms. The van der Waals surface area contributed by atoms with Gasteiger partial charge in [0.05, 0.1) is 0 Å². The Labute approximate surface area is 145 Å². The van der Waals surface area contributed by atoms with Crippen LogP contribution in [0.4, 0.5) is 0 Å². The zero-order valence-corrected chi connectivity index (χ0v) is 12.8. The van der Waals surface area contributed by atoms with Gasteiger partial charge in [-0.05, 0) is 0 Å². The molecule has 0 aromatic carbocycles. The second-order valence-corrected chi connectivity index (χ2v) is 1.54. The molecule has 4 nitrogen and oxygen atoms in total. The zero-order chi connectivity index (χ0) is 4.50. The van der Waals surface area contributed by atoms with E-state index < -0.39 is 7.82 Å². The molecule has 0 heterocycles. The standard InChI is InChI=1S/K.Li.Mn.Na.H3O4P.3H/c;;;;1-5(2,3)4;;;/h;;;;(H3,1,2,3,4);;;/q2*+1;;+1;;3*-1. The number of phosphoric acid groups is 1. The van der Waals surface area contributed by atoms with Gasteiger partial charge < -0.3 is 19.0 Å². The summed E-state index contributed by atoms with van der Waals surface area (Å²) in [4.78, 5) is 21.6. The third kappa shape index (κ3) is 77.3.